The summed E-state index contributed by atoms with van der Waals surface area (Å²) in [4.78, 5) is 30.8. The average Bonchev–Trinajstić information content (AvgIpc) is 3.72. The number of anilines is 3. The molecule has 7 rings (SSSR count). The summed E-state index contributed by atoms with van der Waals surface area (Å²) < 4.78 is 12.9. The third kappa shape index (κ3) is 4.71. The predicted molar refractivity (Wildman–Crippen MR) is 153 cm³/mol. The minimum atomic E-state index is -0.360. The maximum absolute atomic E-state index is 11.9. The molecular formula is C30H29N7O3. The van der Waals surface area contributed by atoms with Gasteiger partial charge >= 0.3 is 5.97 Å². The van der Waals surface area contributed by atoms with E-state index in [1.165, 1.54) is 7.11 Å². The quantitative estimate of drug-likeness (QED) is 0.248. The number of nitrogens with one attached hydrogen (secondary N) is 2. The van der Waals surface area contributed by atoms with E-state index in [1.54, 1.807) is 18.3 Å². The Labute approximate surface area is 230 Å². The highest BCUT2D eigenvalue weighted by atomic mass is 16.5. The molecule has 2 fully saturated rings. The fraction of sp³-hybridized carbons (Fsp3) is 0.300. The predicted octanol–water partition coefficient (Wildman–Crippen LogP) is 5.85. The normalized spacial score (nSPS) is 17.2. The third-order valence-electron chi connectivity index (χ3n) is 7.42. The number of pyridine rings is 1. The maximum Gasteiger partial charge on any atom is 0.337 e. The van der Waals surface area contributed by atoms with E-state index < -0.39 is 0 Å². The zero-order valence-corrected chi connectivity index (χ0v) is 22.1. The first-order valence-electron chi connectivity index (χ1n) is 13.6. The van der Waals surface area contributed by atoms with Gasteiger partial charge in [-0.15, -0.1) is 0 Å². The summed E-state index contributed by atoms with van der Waals surface area (Å²) in [5.74, 6) is 0.861. The Hall–Kier alpha value is -4.57. The Morgan fingerprint density at radius 1 is 1.02 bits per heavy atom. The standard InChI is InChI=1S/C30H29N7O3/c1-39-29(38)19-7-5-18(6-8-19)22-13-14-31-24-12-11-21(16-23(22)24)34-30-35-27(33-20-9-10-20)26-28(36-30)37(17-32-26)25-4-2-3-15-40-25/h5-8,11-14,16-17,20,25H,2-4,9-10,15H2,1H3,(H2,33,34,35,36). The van der Waals surface area contributed by atoms with Gasteiger partial charge in [-0.1, -0.05) is 12.1 Å². The lowest BCUT2D eigenvalue weighted by atomic mass is 10.00. The Balaban J connectivity index is 1.25. The highest BCUT2D eigenvalue weighted by molar-refractivity contribution is 5.97. The smallest absolute Gasteiger partial charge is 0.337 e. The first-order valence-corrected chi connectivity index (χ1v) is 13.6. The number of nitrogens with zero attached hydrogens (tertiary/aromatic N) is 5. The molecule has 0 radical (unpaired) electrons. The summed E-state index contributed by atoms with van der Waals surface area (Å²) in [6.07, 6.45) is 8.92. The SMILES string of the molecule is COC(=O)c1ccc(-c2ccnc3ccc(Nc4nc(NC5CC5)c5ncn(C6CCCCO6)c5n4)cc23)cc1. The number of carbonyl (C=O) groups is 1. The van der Waals surface area contributed by atoms with Crippen molar-refractivity contribution in [2.45, 2.75) is 44.4 Å². The number of imidazole rings is 1. The van der Waals surface area contributed by atoms with Crippen molar-refractivity contribution in [2.24, 2.45) is 0 Å². The van der Waals surface area contributed by atoms with Crippen LogP contribution in [0.15, 0.2) is 61.1 Å². The molecule has 202 valence electrons. The molecule has 0 spiro atoms. The maximum atomic E-state index is 11.9. The molecule has 3 aromatic heterocycles. The molecule has 0 bridgehead atoms. The third-order valence-corrected chi connectivity index (χ3v) is 7.42. The number of hydrogen-bond acceptors (Lipinski definition) is 9. The van der Waals surface area contributed by atoms with E-state index in [1.807, 2.05) is 41.2 Å². The van der Waals surface area contributed by atoms with E-state index in [9.17, 15) is 4.79 Å². The van der Waals surface area contributed by atoms with Crippen LogP contribution in [0.2, 0.25) is 0 Å². The second-order valence-corrected chi connectivity index (χ2v) is 10.2. The van der Waals surface area contributed by atoms with Crippen LogP contribution in [0, 0.1) is 0 Å². The van der Waals surface area contributed by atoms with Gasteiger partial charge in [0.1, 0.15) is 6.23 Å². The van der Waals surface area contributed by atoms with Gasteiger partial charge in [0.05, 0.1) is 24.5 Å². The molecule has 5 aromatic rings. The number of hydrogen-bond donors (Lipinski definition) is 2. The molecule has 2 aliphatic rings. The zero-order chi connectivity index (χ0) is 27.1. The molecule has 40 heavy (non-hydrogen) atoms. The number of aromatic nitrogens is 5. The number of carbonyl (C=O) groups excluding carboxylic acids is 1. The van der Waals surface area contributed by atoms with Crippen LogP contribution in [-0.4, -0.2) is 50.2 Å². The topological polar surface area (TPSA) is 116 Å². The molecule has 1 saturated carbocycles. The van der Waals surface area contributed by atoms with Gasteiger partial charge in [0.15, 0.2) is 17.0 Å². The summed E-state index contributed by atoms with van der Waals surface area (Å²) in [5, 5.41) is 7.92. The van der Waals surface area contributed by atoms with Crippen LogP contribution in [0.1, 0.15) is 48.7 Å². The van der Waals surface area contributed by atoms with Crippen molar-refractivity contribution in [3.8, 4) is 11.1 Å². The van der Waals surface area contributed by atoms with E-state index >= 15 is 0 Å². The molecule has 1 atom stereocenters. The van der Waals surface area contributed by atoms with E-state index in [4.69, 9.17) is 19.4 Å². The fourth-order valence-corrected chi connectivity index (χ4v) is 5.16. The largest absolute Gasteiger partial charge is 0.465 e. The number of rotatable bonds is 7. The van der Waals surface area contributed by atoms with Crippen molar-refractivity contribution in [3.05, 3.63) is 66.6 Å². The highest BCUT2D eigenvalue weighted by Crippen LogP contribution is 2.33. The first-order chi connectivity index (χ1) is 19.7. The Kier molecular flexibility index (Phi) is 6.24. The Morgan fingerprint density at radius 3 is 2.67 bits per heavy atom. The molecule has 1 aliphatic carbocycles. The molecule has 0 amide bonds. The molecule has 10 nitrogen and oxygen atoms in total. The summed E-state index contributed by atoms with van der Waals surface area (Å²) in [6, 6.07) is 15.8. The summed E-state index contributed by atoms with van der Waals surface area (Å²) in [6.45, 7) is 0.743. The van der Waals surface area contributed by atoms with E-state index in [0.29, 0.717) is 17.6 Å². The van der Waals surface area contributed by atoms with Crippen LogP contribution in [-0.2, 0) is 9.47 Å². The highest BCUT2D eigenvalue weighted by Gasteiger charge is 2.26. The van der Waals surface area contributed by atoms with Crippen LogP contribution in [0.4, 0.5) is 17.5 Å². The van der Waals surface area contributed by atoms with Crippen molar-refractivity contribution in [2.75, 3.05) is 24.4 Å². The lowest BCUT2D eigenvalue weighted by molar-refractivity contribution is -0.0298. The molecule has 4 heterocycles. The van der Waals surface area contributed by atoms with Gasteiger partial charge in [-0.25, -0.2) is 9.78 Å². The minimum absolute atomic E-state index is 0.0739. The van der Waals surface area contributed by atoms with Gasteiger partial charge in [0, 0.05) is 29.9 Å². The summed E-state index contributed by atoms with van der Waals surface area (Å²) in [5.41, 5.74) is 5.69. The molecule has 10 heteroatoms. The second kappa shape index (κ2) is 10.2. The number of esters is 1. The Morgan fingerprint density at radius 2 is 1.90 bits per heavy atom. The van der Waals surface area contributed by atoms with Crippen LogP contribution < -0.4 is 10.6 Å². The van der Waals surface area contributed by atoms with Crippen molar-refractivity contribution in [1.82, 2.24) is 24.5 Å². The van der Waals surface area contributed by atoms with Crippen molar-refractivity contribution < 1.29 is 14.3 Å². The van der Waals surface area contributed by atoms with Crippen molar-refractivity contribution in [1.29, 1.82) is 0 Å². The molecule has 2 aromatic carbocycles. The monoisotopic (exact) mass is 535 g/mol. The van der Waals surface area contributed by atoms with E-state index in [0.717, 1.165) is 83.4 Å². The van der Waals surface area contributed by atoms with Crippen molar-refractivity contribution in [3.63, 3.8) is 0 Å². The van der Waals surface area contributed by atoms with Gasteiger partial charge in [0.25, 0.3) is 0 Å². The lowest BCUT2D eigenvalue weighted by Crippen LogP contribution is -2.18. The van der Waals surface area contributed by atoms with Gasteiger partial charge < -0.3 is 20.1 Å². The van der Waals surface area contributed by atoms with Crippen molar-refractivity contribution >= 4 is 45.5 Å². The van der Waals surface area contributed by atoms with Gasteiger partial charge in [-0.2, -0.15) is 9.97 Å². The van der Waals surface area contributed by atoms with E-state index in [2.05, 4.69) is 26.7 Å². The summed E-state index contributed by atoms with van der Waals surface area (Å²) in [7, 11) is 1.38. The number of methoxy groups -OCH3 is 1. The second-order valence-electron chi connectivity index (χ2n) is 10.2. The molecule has 1 saturated heterocycles. The number of benzene rings is 2. The van der Waals surface area contributed by atoms with Gasteiger partial charge in [-0.05, 0) is 79.6 Å². The Bertz CT molecular complexity index is 1710. The first kappa shape index (κ1) is 24.5. The molecule has 1 unspecified atom stereocenters. The minimum Gasteiger partial charge on any atom is -0.465 e. The van der Waals surface area contributed by atoms with Crippen LogP contribution >= 0.6 is 0 Å². The average molecular weight is 536 g/mol. The van der Waals surface area contributed by atoms with Crippen LogP contribution in [0.3, 0.4) is 0 Å². The number of ether oxygens (including phenoxy) is 2. The van der Waals surface area contributed by atoms with Crippen LogP contribution in [0.25, 0.3) is 33.2 Å². The van der Waals surface area contributed by atoms with E-state index in [-0.39, 0.29) is 12.2 Å². The molecule has 1 aliphatic heterocycles. The molecular weight excluding hydrogens is 506 g/mol. The molecule has 2 N–H and O–H groups in total. The number of fused-ring (bicyclic) bond motifs is 2. The van der Waals surface area contributed by atoms with Gasteiger partial charge in [0.2, 0.25) is 5.95 Å². The van der Waals surface area contributed by atoms with Gasteiger partial charge in [-0.3, -0.25) is 9.55 Å². The summed E-state index contributed by atoms with van der Waals surface area (Å²) >= 11 is 0. The lowest BCUT2D eigenvalue weighted by Gasteiger charge is -2.24. The fourth-order valence-electron chi connectivity index (χ4n) is 5.16. The zero-order valence-electron chi connectivity index (χ0n) is 22.1. The van der Waals surface area contributed by atoms with Crippen LogP contribution in [0.5, 0.6) is 0 Å².